The molecule has 0 unspecified atom stereocenters. The van der Waals surface area contributed by atoms with Crippen LogP contribution in [0.2, 0.25) is 0 Å². The lowest BCUT2D eigenvalue weighted by Crippen LogP contribution is -2.36. The fourth-order valence-electron chi connectivity index (χ4n) is 2.57. The van der Waals surface area contributed by atoms with E-state index in [9.17, 15) is 9.59 Å². The van der Waals surface area contributed by atoms with Gasteiger partial charge in [-0.1, -0.05) is 24.3 Å². The number of carbonyl (C=O) groups is 2. The first-order valence-electron chi connectivity index (χ1n) is 8.28. The average molecular weight is 361 g/mol. The van der Waals surface area contributed by atoms with Gasteiger partial charge >= 0.3 is 11.8 Å². The molecule has 0 fully saturated rings. The Labute approximate surface area is 157 Å². The third-order valence-corrected chi connectivity index (χ3v) is 3.89. The molecular formula is C21H19N3O3. The Bertz CT molecular complexity index is 940. The lowest BCUT2D eigenvalue weighted by Gasteiger charge is -2.22. The fraction of sp³-hybridized carbons (Fsp3) is 0.0476. The van der Waals surface area contributed by atoms with Crippen LogP contribution in [0, 0.1) is 0 Å². The molecule has 0 aliphatic carbocycles. The Hall–Kier alpha value is -3.80. The van der Waals surface area contributed by atoms with Gasteiger partial charge in [0, 0.05) is 28.8 Å². The monoisotopic (exact) mass is 361 g/mol. The average Bonchev–Trinajstić information content (AvgIpc) is 2.70. The van der Waals surface area contributed by atoms with E-state index in [1.807, 2.05) is 6.07 Å². The molecule has 0 saturated carbocycles. The van der Waals surface area contributed by atoms with E-state index in [-0.39, 0.29) is 0 Å². The van der Waals surface area contributed by atoms with Crippen LogP contribution >= 0.6 is 0 Å². The minimum atomic E-state index is -0.760. The highest BCUT2D eigenvalue weighted by molar-refractivity contribution is 6.45. The molecule has 6 nitrogen and oxygen atoms in total. The van der Waals surface area contributed by atoms with Crippen LogP contribution in [0.5, 0.6) is 5.75 Å². The molecule has 0 heterocycles. The zero-order valence-electron chi connectivity index (χ0n) is 14.8. The number of para-hydroxylation sites is 1. The van der Waals surface area contributed by atoms with Crippen molar-refractivity contribution >= 4 is 34.6 Å². The predicted molar refractivity (Wildman–Crippen MR) is 106 cm³/mol. The summed E-state index contributed by atoms with van der Waals surface area (Å²) in [6.45, 7) is 0. The third-order valence-electron chi connectivity index (χ3n) is 3.89. The molecule has 0 saturated heterocycles. The molecule has 3 aromatic rings. The molecule has 3 N–H and O–H groups in total. The van der Waals surface area contributed by atoms with Gasteiger partial charge in [0.2, 0.25) is 0 Å². The van der Waals surface area contributed by atoms with Crippen LogP contribution in [-0.4, -0.2) is 18.9 Å². The number of benzene rings is 3. The summed E-state index contributed by atoms with van der Waals surface area (Å²) in [5.74, 6) is -0.892. The van der Waals surface area contributed by atoms with E-state index in [4.69, 9.17) is 10.5 Å². The number of hydrogen-bond donors (Lipinski definition) is 2. The molecule has 2 amide bonds. The van der Waals surface area contributed by atoms with Gasteiger partial charge in [0.05, 0.1) is 7.11 Å². The second kappa shape index (κ2) is 8.05. The molecule has 27 heavy (non-hydrogen) atoms. The van der Waals surface area contributed by atoms with Gasteiger partial charge in [-0.2, -0.15) is 0 Å². The summed E-state index contributed by atoms with van der Waals surface area (Å²) in [5.41, 5.74) is 7.90. The van der Waals surface area contributed by atoms with Gasteiger partial charge in [-0.15, -0.1) is 0 Å². The van der Waals surface area contributed by atoms with Crippen LogP contribution in [0.3, 0.4) is 0 Å². The number of nitrogens with zero attached hydrogens (tertiary/aromatic N) is 1. The molecule has 3 aromatic carbocycles. The summed E-state index contributed by atoms with van der Waals surface area (Å²) in [4.78, 5) is 26.9. The summed E-state index contributed by atoms with van der Waals surface area (Å²) >= 11 is 0. The topological polar surface area (TPSA) is 84.7 Å². The number of nitrogens with one attached hydrogen (secondary N) is 1. The van der Waals surface area contributed by atoms with Crippen molar-refractivity contribution in [2.45, 2.75) is 0 Å². The third kappa shape index (κ3) is 4.24. The number of carbonyl (C=O) groups excluding carboxylic acids is 2. The lowest BCUT2D eigenvalue weighted by atomic mass is 10.2. The molecular weight excluding hydrogens is 342 g/mol. The van der Waals surface area contributed by atoms with Crippen LogP contribution in [0.1, 0.15) is 0 Å². The van der Waals surface area contributed by atoms with Crippen molar-refractivity contribution in [2.75, 3.05) is 23.1 Å². The smallest absolute Gasteiger partial charge is 0.321 e. The van der Waals surface area contributed by atoms with E-state index < -0.39 is 11.8 Å². The number of hydrogen-bond acceptors (Lipinski definition) is 4. The molecule has 0 radical (unpaired) electrons. The van der Waals surface area contributed by atoms with Gasteiger partial charge in [-0.05, 0) is 48.5 Å². The number of rotatable bonds is 4. The number of amides is 2. The maximum atomic E-state index is 12.9. The second-order valence-corrected chi connectivity index (χ2v) is 5.75. The maximum Gasteiger partial charge on any atom is 0.321 e. The Kier molecular flexibility index (Phi) is 5.37. The Morgan fingerprint density at radius 2 is 1.56 bits per heavy atom. The highest BCUT2D eigenvalue weighted by atomic mass is 16.5. The van der Waals surface area contributed by atoms with E-state index in [1.54, 1.807) is 72.8 Å². The zero-order valence-corrected chi connectivity index (χ0v) is 14.8. The summed E-state index contributed by atoms with van der Waals surface area (Å²) in [6, 6.07) is 22.5. The first kappa shape index (κ1) is 18.0. The molecule has 6 heteroatoms. The predicted octanol–water partition coefficient (Wildman–Crippen LogP) is 3.58. The highest BCUT2D eigenvalue weighted by Crippen LogP contribution is 2.26. The highest BCUT2D eigenvalue weighted by Gasteiger charge is 2.25. The second-order valence-electron chi connectivity index (χ2n) is 5.75. The molecule has 0 aromatic heterocycles. The zero-order chi connectivity index (χ0) is 19.2. The van der Waals surface area contributed by atoms with Crippen LogP contribution in [-0.2, 0) is 9.59 Å². The van der Waals surface area contributed by atoms with Gasteiger partial charge in [-0.25, -0.2) is 0 Å². The van der Waals surface area contributed by atoms with Gasteiger partial charge in [0.1, 0.15) is 5.75 Å². The quantitative estimate of drug-likeness (QED) is 0.549. The largest absolute Gasteiger partial charge is 0.497 e. The van der Waals surface area contributed by atoms with E-state index in [0.29, 0.717) is 28.5 Å². The van der Waals surface area contributed by atoms with Crippen LogP contribution in [0.25, 0.3) is 0 Å². The molecule has 0 aliphatic rings. The number of anilines is 4. The van der Waals surface area contributed by atoms with Crippen LogP contribution in [0.15, 0.2) is 78.9 Å². The van der Waals surface area contributed by atoms with E-state index in [2.05, 4.69) is 5.32 Å². The van der Waals surface area contributed by atoms with Crippen molar-refractivity contribution in [1.82, 2.24) is 0 Å². The Morgan fingerprint density at radius 3 is 2.22 bits per heavy atom. The molecule has 136 valence electrons. The molecule has 0 aliphatic heterocycles. The van der Waals surface area contributed by atoms with E-state index in [1.165, 1.54) is 12.0 Å². The number of nitrogens with two attached hydrogens (primary N) is 1. The normalized spacial score (nSPS) is 10.1. The van der Waals surface area contributed by atoms with E-state index in [0.717, 1.165) is 0 Å². The number of nitrogen functional groups attached to an aromatic ring is 1. The van der Waals surface area contributed by atoms with Crippen molar-refractivity contribution in [2.24, 2.45) is 0 Å². The minimum absolute atomic E-state index is 0.470. The SMILES string of the molecule is COc1cccc(NC(=O)C(=O)N(c2ccccc2)c2ccc(N)cc2)c1. The van der Waals surface area contributed by atoms with Crippen LogP contribution in [0.4, 0.5) is 22.7 Å². The summed E-state index contributed by atoms with van der Waals surface area (Å²) in [5, 5.41) is 2.61. The lowest BCUT2D eigenvalue weighted by molar-refractivity contribution is -0.134. The molecule has 0 spiro atoms. The summed E-state index contributed by atoms with van der Waals surface area (Å²) in [7, 11) is 1.53. The van der Waals surface area contributed by atoms with Gasteiger partial charge in [0.15, 0.2) is 0 Å². The summed E-state index contributed by atoms with van der Waals surface area (Å²) < 4.78 is 5.14. The van der Waals surface area contributed by atoms with E-state index >= 15 is 0 Å². The van der Waals surface area contributed by atoms with Gasteiger partial charge in [0.25, 0.3) is 0 Å². The number of ether oxygens (including phenoxy) is 1. The molecule has 0 atom stereocenters. The van der Waals surface area contributed by atoms with Crippen molar-refractivity contribution in [3.63, 3.8) is 0 Å². The van der Waals surface area contributed by atoms with Crippen molar-refractivity contribution in [3.05, 3.63) is 78.9 Å². The first-order chi connectivity index (χ1) is 13.1. The van der Waals surface area contributed by atoms with Crippen molar-refractivity contribution in [1.29, 1.82) is 0 Å². The Morgan fingerprint density at radius 1 is 0.889 bits per heavy atom. The van der Waals surface area contributed by atoms with Crippen molar-refractivity contribution in [3.8, 4) is 5.75 Å². The minimum Gasteiger partial charge on any atom is -0.497 e. The molecule has 3 rings (SSSR count). The molecule has 0 bridgehead atoms. The van der Waals surface area contributed by atoms with Crippen LogP contribution < -0.4 is 20.7 Å². The van der Waals surface area contributed by atoms with Gasteiger partial charge < -0.3 is 15.8 Å². The Balaban J connectivity index is 1.90. The van der Waals surface area contributed by atoms with Crippen molar-refractivity contribution < 1.29 is 14.3 Å². The van der Waals surface area contributed by atoms with Gasteiger partial charge in [-0.3, -0.25) is 14.5 Å². The maximum absolute atomic E-state index is 12.9. The summed E-state index contributed by atoms with van der Waals surface area (Å²) in [6.07, 6.45) is 0. The number of methoxy groups -OCH3 is 1. The standard InChI is InChI=1S/C21H19N3O3/c1-27-19-9-5-6-16(14-19)23-20(25)21(26)24(17-7-3-2-4-8-17)18-12-10-15(22)11-13-18/h2-14H,22H2,1H3,(H,23,25). The first-order valence-corrected chi connectivity index (χ1v) is 8.28. The fourth-order valence-corrected chi connectivity index (χ4v) is 2.57.